The second-order valence-electron chi connectivity index (χ2n) is 8.13. The minimum Gasteiger partial charge on any atom is -0.354 e. The van der Waals surface area contributed by atoms with Gasteiger partial charge in [0.25, 0.3) is 10.0 Å². The summed E-state index contributed by atoms with van der Waals surface area (Å²) < 4.78 is 28.2. The predicted molar refractivity (Wildman–Crippen MR) is 137 cm³/mol. The first-order valence-electron chi connectivity index (χ1n) is 10.8. The van der Waals surface area contributed by atoms with Crippen molar-refractivity contribution < 1.29 is 13.2 Å². The van der Waals surface area contributed by atoms with E-state index in [1.807, 2.05) is 39.8 Å². The van der Waals surface area contributed by atoms with Crippen molar-refractivity contribution in [1.82, 2.24) is 5.32 Å². The molecule has 0 aliphatic heterocycles. The standard InChI is InChI=1S/C26H30N2O3S2/c1-19-5-10-23(11-6-19)32-16-15-27-26(29)18-28(25-14-9-21(3)17-22(25)4)33(30,31)24-12-7-20(2)8-13-24/h5-14,17H,15-16,18H2,1-4H3,(H,27,29). The molecular weight excluding hydrogens is 452 g/mol. The van der Waals surface area contributed by atoms with E-state index >= 15 is 0 Å². The van der Waals surface area contributed by atoms with Crippen LogP contribution in [0.5, 0.6) is 0 Å². The van der Waals surface area contributed by atoms with Gasteiger partial charge in [-0.1, -0.05) is 53.1 Å². The summed E-state index contributed by atoms with van der Waals surface area (Å²) in [5, 5.41) is 2.86. The van der Waals surface area contributed by atoms with E-state index in [1.165, 1.54) is 9.87 Å². The molecule has 0 radical (unpaired) electrons. The SMILES string of the molecule is Cc1ccc(SCCNC(=O)CN(c2ccc(C)cc2C)S(=O)(=O)c2ccc(C)cc2)cc1. The molecule has 3 aromatic rings. The van der Waals surface area contributed by atoms with Crippen LogP contribution in [0, 0.1) is 27.7 Å². The molecule has 0 fully saturated rings. The summed E-state index contributed by atoms with van der Waals surface area (Å²) in [5.74, 6) is 0.360. The quantitative estimate of drug-likeness (QED) is 0.343. The Hall–Kier alpha value is -2.77. The Morgan fingerprint density at radius 1 is 0.848 bits per heavy atom. The van der Waals surface area contributed by atoms with Crippen LogP contribution in [-0.2, 0) is 14.8 Å². The number of nitrogens with zero attached hydrogens (tertiary/aromatic N) is 1. The lowest BCUT2D eigenvalue weighted by Crippen LogP contribution is -2.41. The monoisotopic (exact) mass is 482 g/mol. The van der Waals surface area contributed by atoms with Crippen molar-refractivity contribution in [3.05, 3.63) is 89.0 Å². The lowest BCUT2D eigenvalue weighted by Gasteiger charge is -2.26. The summed E-state index contributed by atoms with van der Waals surface area (Å²) in [4.78, 5) is 14.1. The minimum absolute atomic E-state index is 0.163. The van der Waals surface area contributed by atoms with Crippen LogP contribution in [0.2, 0.25) is 0 Å². The van der Waals surface area contributed by atoms with Gasteiger partial charge >= 0.3 is 0 Å². The van der Waals surface area contributed by atoms with E-state index in [0.717, 1.165) is 21.6 Å². The van der Waals surface area contributed by atoms with Gasteiger partial charge in [-0.25, -0.2) is 8.42 Å². The molecule has 0 aliphatic rings. The molecule has 0 unspecified atom stereocenters. The van der Waals surface area contributed by atoms with E-state index in [9.17, 15) is 13.2 Å². The first-order chi connectivity index (χ1) is 15.7. The number of hydrogen-bond acceptors (Lipinski definition) is 4. The molecular formula is C26H30N2O3S2. The van der Waals surface area contributed by atoms with Crippen molar-refractivity contribution in [2.45, 2.75) is 37.5 Å². The highest BCUT2D eigenvalue weighted by Crippen LogP contribution is 2.27. The molecule has 0 heterocycles. The van der Waals surface area contributed by atoms with Gasteiger partial charge in [0, 0.05) is 17.2 Å². The summed E-state index contributed by atoms with van der Waals surface area (Å²) in [7, 11) is -3.91. The van der Waals surface area contributed by atoms with Gasteiger partial charge in [0.05, 0.1) is 10.6 Å². The fraction of sp³-hybridized carbons (Fsp3) is 0.269. The second kappa shape index (κ2) is 10.9. The molecule has 5 nitrogen and oxygen atoms in total. The van der Waals surface area contributed by atoms with Gasteiger partial charge in [0.15, 0.2) is 0 Å². The molecule has 1 amide bonds. The molecule has 7 heteroatoms. The van der Waals surface area contributed by atoms with Crippen molar-refractivity contribution in [1.29, 1.82) is 0 Å². The molecule has 0 bridgehead atoms. The Kier molecular flexibility index (Phi) is 8.21. The summed E-state index contributed by atoms with van der Waals surface area (Å²) in [6, 6.07) is 20.4. The number of anilines is 1. The van der Waals surface area contributed by atoms with E-state index in [0.29, 0.717) is 18.0 Å². The third-order valence-corrected chi connectivity index (χ3v) is 8.02. The number of thioether (sulfide) groups is 1. The summed E-state index contributed by atoms with van der Waals surface area (Å²) in [6.07, 6.45) is 0. The minimum atomic E-state index is -3.91. The summed E-state index contributed by atoms with van der Waals surface area (Å²) >= 11 is 1.65. The maximum atomic E-state index is 13.5. The van der Waals surface area contributed by atoms with E-state index in [-0.39, 0.29) is 17.3 Å². The average molecular weight is 483 g/mol. The third kappa shape index (κ3) is 6.62. The number of hydrogen-bond donors (Lipinski definition) is 1. The van der Waals surface area contributed by atoms with Crippen molar-refractivity contribution in [2.24, 2.45) is 0 Å². The Bertz CT molecular complexity index is 1210. The van der Waals surface area contributed by atoms with Crippen molar-refractivity contribution >= 4 is 33.4 Å². The van der Waals surface area contributed by atoms with Crippen LogP contribution < -0.4 is 9.62 Å². The van der Waals surface area contributed by atoms with Crippen molar-refractivity contribution in [3.8, 4) is 0 Å². The zero-order chi connectivity index (χ0) is 24.0. The molecule has 0 atom stereocenters. The lowest BCUT2D eigenvalue weighted by atomic mass is 10.1. The zero-order valence-electron chi connectivity index (χ0n) is 19.5. The zero-order valence-corrected chi connectivity index (χ0v) is 21.1. The van der Waals surface area contributed by atoms with Crippen LogP contribution in [0.15, 0.2) is 76.5 Å². The third-order valence-electron chi connectivity index (χ3n) is 5.23. The highest BCUT2D eigenvalue weighted by atomic mass is 32.2. The Balaban J connectivity index is 1.74. The summed E-state index contributed by atoms with van der Waals surface area (Å²) in [6.45, 7) is 7.92. The van der Waals surface area contributed by atoms with Crippen LogP contribution in [0.4, 0.5) is 5.69 Å². The number of benzene rings is 3. The average Bonchev–Trinajstić information content (AvgIpc) is 2.77. The van der Waals surface area contributed by atoms with E-state index in [2.05, 4.69) is 29.6 Å². The van der Waals surface area contributed by atoms with Crippen molar-refractivity contribution in [3.63, 3.8) is 0 Å². The van der Waals surface area contributed by atoms with Gasteiger partial charge in [-0.2, -0.15) is 0 Å². The molecule has 0 saturated heterocycles. The maximum absolute atomic E-state index is 13.5. The smallest absolute Gasteiger partial charge is 0.264 e. The van der Waals surface area contributed by atoms with Crippen LogP contribution in [0.3, 0.4) is 0 Å². The van der Waals surface area contributed by atoms with E-state index < -0.39 is 10.0 Å². The van der Waals surface area contributed by atoms with Crippen LogP contribution >= 0.6 is 11.8 Å². The lowest BCUT2D eigenvalue weighted by molar-refractivity contribution is -0.119. The molecule has 1 N–H and O–H groups in total. The molecule has 0 aliphatic carbocycles. The largest absolute Gasteiger partial charge is 0.354 e. The molecule has 0 spiro atoms. The van der Waals surface area contributed by atoms with Gasteiger partial charge in [-0.05, 0) is 63.6 Å². The number of carbonyl (C=O) groups excluding carboxylic acids is 1. The van der Waals surface area contributed by atoms with E-state index in [1.54, 1.807) is 42.1 Å². The second-order valence-corrected chi connectivity index (χ2v) is 11.2. The number of rotatable bonds is 9. The molecule has 174 valence electrons. The van der Waals surface area contributed by atoms with Gasteiger partial charge in [0.1, 0.15) is 6.54 Å². The first kappa shape index (κ1) is 24.9. The van der Waals surface area contributed by atoms with Crippen LogP contribution in [-0.4, -0.2) is 33.2 Å². The number of amides is 1. The number of aryl methyl sites for hydroxylation is 4. The molecule has 0 saturated carbocycles. The van der Waals surface area contributed by atoms with Gasteiger partial charge in [-0.3, -0.25) is 9.10 Å². The molecule has 3 aromatic carbocycles. The number of nitrogens with one attached hydrogen (secondary N) is 1. The molecule has 0 aromatic heterocycles. The number of carbonyl (C=O) groups is 1. The summed E-state index contributed by atoms with van der Waals surface area (Å²) in [5.41, 5.74) is 4.50. The topological polar surface area (TPSA) is 66.5 Å². The molecule has 3 rings (SSSR count). The highest BCUT2D eigenvalue weighted by Gasteiger charge is 2.28. The van der Waals surface area contributed by atoms with Crippen molar-refractivity contribution in [2.75, 3.05) is 23.1 Å². The van der Waals surface area contributed by atoms with Crippen LogP contribution in [0.1, 0.15) is 22.3 Å². The van der Waals surface area contributed by atoms with Gasteiger partial charge < -0.3 is 5.32 Å². The Morgan fingerprint density at radius 3 is 2.03 bits per heavy atom. The molecule has 33 heavy (non-hydrogen) atoms. The normalized spacial score (nSPS) is 11.3. The Labute approximate surface area is 201 Å². The van der Waals surface area contributed by atoms with Gasteiger partial charge in [-0.15, -0.1) is 11.8 Å². The van der Waals surface area contributed by atoms with E-state index in [4.69, 9.17) is 0 Å². The fourth-order valence-corrected chi connectivity index (χ4v) is 5.66. The predicted octanol–water partition coefficient (Wildman–Crippen LogP) is 5.02. The Morgan fingerprint density at radius 2 is 1.42 bits per heavy atom. The highest BCUT2D eigenvalue weighted by molar-refractivity contribution is 7.99. The maximum Gasteiger partial charge on any atom is 0.264 e. The fourth-order valence-electron chi connectivity index (χ4n) is 3.40. The number of sulfonamides is 1. The van der Waals surface area contributed by atoms with Crippen LogP contribution in [0.25, 0.3) is 0 Å². The van der Waals surface area contributed by atoms with Gasteiger partial charge in [0.2, 0.25) is 5.91 Å². The first-order valence-corrected chi connectivity index (χ1v) is 13.2.